The minimum absolute atomic E-state index is 0.566. The SMILES string of the molecule is Cc1nc(NCc2ccc(Cl)c(Cl)c2)ccc1Br. The van der Waals surface area contributed by atoms with Crippen LogP contribution in [0.5, 0.6) is 0 Å². The van der Waals surface area contributed by atoms with E-state index in [2.05, 4.69) is 26.2 Å². The quantitative estimate of drug-likeness (QED) is 0.839. The fraction of sp³-hybridized carbons (Fsp3) is 0.154. The highest BCUT2D eigenvalue weighted by molar-refractivity contribution is 9.10. The van der Waals surface area contributed by atoms with Crippen molar-refractivity contribution in [2.75, 3.05) is 5.32 Å². The first-order valence-corrected chi connectivity index (χ1v) is 6.92. The molecule has 0 aliphatic heterocycles. The van der Waals surface area contributed by atoms with Crippen LogP contribution in [0.1, 0.15) is 11.3 Å². The number of hydrogen-bond donors (Lipinski definition) is 1. The zero-order chi connectivity index (χ0) is 13.1. The molecule has 0 saturated carbocycles. The van der Waals surface area contributed by atoms with Crippen LogP contribution in [0.2, 0.25) is 10.0 Å². The van der Waals surface area contributed by atoms with Crippen LogP contribution in [-0.2, 0) is 6.54 Å². The number of rotatable bonds is 3. The van der Waals surface area contributed by atoms with E-state index >= 15 is 0 Å². The van der Waals surface area contributed by atoms with Gasteiger partial charge in [-0.05, 0) is 52.7 Å². The van der Waals surface area contributed by atoms with E-state index in [0.29, 0.717) is 16.6 Å². The number of hydrogen-bond acceptors (Lipinski definition) is 2. The van der Waals surface area contributed by atoms with Crippen molar-refractivity contribution in [3.8, 4) is 0 Å². The summed E-state index contributed by atoms with van der Waals surface area (Å²) in [5.74, 6) is 0.835. The van der Waals surface area contributed by atoms with Gasteiger partial charge in [0.05, 0.1) is 15.7 Å². The molecule has 0 unspecified atom stereocenters. The van der Waals surface area contributed by atoms with Gasteiger partial charge < -0.3 is 5.32 Å². The monoisotopic (exact) mass is 344 g/mol. The van der Waals surface area contributed by atoms with Crippen molar-refractivity contribution in [3.63, 3.8) is 0 Å². The molecule has 0 radical (unpaired) electrons. The zero-order valence-corrected chi connectivity index (χ0v) is 12.8. The lowest BCUT2D eigenvalue weighted by atomic mass is 10.2. The van der Waals surface area contributed by atoms with E-state index in [4.69, 9.17) is 23.2 Å². The Kier molecular flexibility index (Phi) is 4.49. The highest BCUT2D eigenvalue weighted by Gasteiger charge is 2.01. The lowest BCUT2D eigenvalue weighted by molar-refractivity contribution is 1.08. The summed E-state index contributed by atoms with van der Waals surface area (Å²) in [7, 11) is 0. The summed E-state index contributed by atoms with van der Waals surface area (Å²) >= 11 is 15.2. The summed E-state index contributed by atoms with van der Waals surface area (Å²) in [4.78, 5) is 4.41. The van der Waals surface area contributed by atoms with Gasteiger partial charge in [0.25, 0.3) is 0 Å². The van der Waals surface area contributed by atoms with Gasteiger partial charge in [-0.25, -0.2) is 4.98 Å². The topological polar surface area (TPSA) is 24.9 Å². The first-order chi connectivity index (χ1) is 8.56. The normalized spacial score (nSPS) is 10.4. The molecule has 2 nitrogen and oxygen atoms in total. The Balaban J connectivity index is 2.06. The summed E-state index contributed by atoms with van der Waals surface area (Å²) in [6, 6.07) is 9.48. The summed E-state index contributed by atoms with van der Waals surface area (Å²) in [5.41, 5.74) is 2.01. The van der Waals surface area contributed by atoms with E-state index in [9.17, 15) is 0 Å². The molecule has 1 aromatic carbocycles. The minimum Gasteiger partial charge on any atom is -0.366 e. The first kappa shape index (κ1) is 13.7. The van der Waals surface area contributed by atoms with Crippen molar-refractivity contribution in [1.82, 2.24) is 4.98 Å². The maximum absolute atomic E-state index is 5.96. The predicted molar refractivity (Wildman–Crippen MR) is 80.5 cm³/mol. The Labute approximate surface area is 124 Å². The molecule has 2 aromatic rings. The lowest BCUT2D eigenvalue weighted by Crippen LogP contribution is -2.02. The number of pyridine rings is 1. The van der Waals surface area contributed by atoms with Crippen LogP contribution < -0.4 is 5.32 Å². The Morgan fingerprint density at radius 2 is 1.94 bits per heavy atom. The molecule has 1 aromatic heterocycles. The molecule has 94 valence electrons. The second-order valence-electron chi connectivity index (χ2n) is 3.87. The molecule has 0 saturated heterocycles. The van der Waals surface area contributed by atoms with Crippen LogP contribution >= 0.6 is 39.1 Å². The number of benzene rings is 1. The molecular weight excluding hydrogens is 335 g/mol. The van der Waals surface area contributed by atoms with Gasteiger partial charge in [0.15, 0.2) is 0 Å². The largest absolute Gasteiger partial charge is 0.366 e. The van der Waals surface area contributed by atoms with Gasteiger partial charge in [-0.15, -0.1) is 0 Å². The van der Waals surface area contributed by atoms with E-state index in [1.54, 1.807) is 6.07 Å². The van der Waals surface area contributed by atoms with Crippen LogP contribution in [0.25, 0.3) is 0 Å². The smallest absolute Gasteiger partial charge is 0.126 e. The van der Waals surface area contributed by atoms with Gasteiger partial charge >= 0.3 is 0 Å². The molecular formula is C13H11BrCl2N2. The Hall–Kier alpha value is -0.770. The van der Waals surface area contributed by atoms with E-state index in [0.717, 1.165) is 21.5 Å². The van der Waals surface area contributed by atoms with Crippen LogP contribution in [0.15, 0.2) is 34.8 Å². The molecule has 0 amide bonds. The lowest BCUT2D eigenvalue weighted by Gasteiger charge is -2.08. The zero-order valence-electron chi connectivity index (χ0n) is 9.67. The van der Waals surface area contributed by atoms with Gasteiger partial charge in [-0.2, -0.15) is 0 Å². The number of aryl methyl sites for hydroxylation is 1. The molecule has 1 N–H and O–H groups in total. The fourth-order valence-electron chi connectivity index (χ4n) is 1.48. The van der Waals surface area contributed by atoms with Crippen molar-refractivity contribution in [1.29, 1.82) is 0 Å². The average molecular weight is 346 g/mol. The van der Waals surface area contributed by atoms with Crippen LogP contribution in [0.3, 0.4) is 0 Å². The van der Waals surface area contributed by atoms with E-state index < -0.39 is 0 Å². The van der Waals surface area contributed by atoms with Crippen LogP contribution in [0.4, 0.5) is 5.82 Å². The molecule has 0 spiro atoms. The molecule has 0 atom stereocenters. The van der Waals surface area contributed by atoms with Gasteiger partial charge in [-0.3, -0.25) is 0 Å². The predicted octanol–water partition coefficient (Wildman–Crippen LogP) is 5.07. The Morgan fingerprint density at radius 1 is 1.17 bits per heavy atom. The van der Waals surface area contributed by atoms with E-state index in [1.165, 1.54) is 0 Å². The molecule has 0 fully saturated rings. The molecule has 5 heteroatoms. The number of nitrogens with one attached hydrogen (secondary N) is 1. The molecule has 18 heavy (non-hydrogen) atoms. The van der Waals surface area contributed by atoms with Crippen molar-refractivity contribution < 1.29 is 0 Å². The van der Waals surface area contributed by atoms with E-state index in [1.807, 2.05) is 31.2 Å². The fourth-order valence-corrected chi connectivity index (χ4v) is 2.03. The molecule has 0 bridgehead atoms. The van der Waals surface area contributed by atoms with Crippen molar-refractivity contribution in [2.24, 2.45) is 0 Å². The van der Waals surface area contributed by atoms with Crippen molar-refractivity contribution >= 4 is 44.9 Å². The maximum atomic E-state index is 5.96. The van der Waals surface area contributed by atoms with E-state index in [-0.39, 0.29) is 0 Å². The number of aromatic nitrogens is 1. The van der Waals surface area contributed by atoms with Gasteiger partial charge in [0.2, 0.25) is 0 Å². The molecule has 0 aliphatic rings. The Morgan fingerprint density at radius 3 is 2.61 bits per heavy atom. The maximum Gasteiger partial charge on any atom is 0.126 e. The number of anilines is 1. The highest BCUT2D eigenvalue weighted by atomic mass is 79.9. The third-order valence-electron chi connectivity index (χ3n) is 2.48. The number of halogens is 3. The first-order valence-electron chi connectivity index (χ1n) is 5.37. The molecule has 0 aliphatic carbocycles. The third-order valence-corrected chi connectivity index (χ3v) is 4.06. The third kappa shape index (κ3) is 3.37. The highest BCUT2D eigenvalue weighted by Crippen LogP contribution is 2.23. The summed E-state index contributed by atoms with van der Waals surface area (Å²) in [5, 5.41) is 4.38. The van der Waals surface area contributed by atoms with Gasteiger partial charge in [-0.1, -0.05) is 29.3 Å². The van der Waals surface area contributed by atoms with Crippen LogP contribution in [-0.4, -0.2) is 4.98 Å². The molecule has 2 rings (SSSR count). The van der Waals surface area contributed by atoms with Crippen molar-refractivity contribution in [2.45, 2.75) is 13.5 Å². The standard InChI is InChI=1S/C13H11BrCl2N2/c1-8-10(14)3-5-13(18-8)17-7-9-2-4-11(15)12(16)6-9/h2-6H,7H2,1H3,(H,17,18). The second-order valence-corrected chi connectivity index (χ2v) is 5.53. The molecule has 1 heterocycles. The van der Waals surface area contributed by atoms with Crippen molar-refractivity contribution in [3.05, 3.63) is 56.1 Å². The second kappa shape index (κ2) is 5.91. The van der Waals surface area contributed by atoms with Crippen LogP contribution in [0, 0.1) is 6.92 Å². The minimum atomic E-state index is 0.566. The van der Waals surface area contributed by atoms with Gasteiger partial charge in [0.1, 0.15) is 5.82 Å². The summed E-state index contributed by atoms with van der Waals surface area (Å²) in [6.45, 7) is 2.61. The number of nitrogens with zero attached hydrogens (tertiary/aromatic N) is 1. The average Bonchev–Trinajstić information content (AvgIpc) is 2.35. The Bertz CT molecular complexity index is 521. The summed E-state index contributed by atoms with van der Waals surface area (Å²) in [6.07, 6.45) is 0. The van der Waals surface area contributed by atoms with Gasteiger partial charge in [0, 0.05) is 11.0 Å². The summed E-state index contributed by atoms with van der Waals surface area (Å²) < 4.78 is 1.00.